The van der Waals surface area contributed by atoms with Crippen LogP contribution in [-0.4, -0.2) is 15.4 Å². The number of carbonyl (C=O) groups is 1. The molecule has 0 saturated carbocycles. The third kappa shape index (κ3) is 2.64. The predicted molar refractivity (Wildman–Crippen MR) is 85.5 cm³/mol. The first kappa shape index (κ1) is 14.4. The summed E-state index contributed by atoms with van der Waals surface area (Å²) in [7, 11) is 0. The van der Waals surface area contributed by atoms with Crippen LogP contribution in [0.3, 0.4) is 0 Å². The van der Waals surface area contributed by atoms with Crippen molar-refractivity contribution in [2.45, 2.75) is 6.42 Å². The van der Waals surface area contributed by atoms with Gasteiger partial charge in [-0.25, -0.2) is 0 Å². The summed E-state index contributed by atoms with van der Waals surface area (Å²) in [6, 6.07) is 11.4. The minimum Gasteiger partial charge on any atom is -0.277 e. The largest absolute Gasteiger partial charge is 0.277 e. The molecule has 3 rings (SSSR count). The fourth-order valence-electron chi connectivity index (χ4n) is 2.32. The van der Waals surface area contributed by atoms with Crippen molar-refractivity contribution in [3.05, 3.63) is 63.3 Å². The maximum absolute atomic E-state index is 11.5. The summed E-state index contributed by atoms with van der Waals surface area (Å²) in [6.45, 7) is 0. The molecule has 0 amide bonds. The molecule has 1 heterocycles. The van der Waals surface area contributed by atoms with Crippen LogP contribution in [0.2, 0.25) is 10.0 Å². The maximum Gasteiger partial charge on any atom is 0.273 e. The van der Waals surface area contributed by atoms with Gasteiger partial charge in [0.15, 0.2) is 5.69 Å². The van der Waals surface area contributed by atoms with Crippen molar-refractivity contribution >= 4 is 50.9 Å². The van der Waals surface area contributed by atoms with Crippen LogP contribution in [0.1, 0.15) is 21.6 Å². The van der Waals surface area contributed by atoms with Gasteiger partial charge in [0.25, 0.3) is 5.24 Å². The van der Waals surface area contributed by atoms with Crippen molar-refractivity contribution in [3.63, 3.8) is 0 Å². The van der Waals surface area contributed by atoms with Crippen molar-refractivity contribution in [1.29, 1.82) is 0 Å². The molecule has 6 heteroatoms. The van der Waals surface area contributed by atoms with Gasteiger partial charge in [0, 0.05) is 5.39 Å². The lowest BCUT2D eigenvalue weighted by Gasteiger charge is -2.09. The molecule has 1 N–H and O–H groups in total. The number of aromatic nitrogens is 2. The summed E-state index contributed by atoms with van der Waals surface area (Å²) in [5.74, 6) is 0. The fourth-order valence-corrected chi connectivity index (χ4v) is 2.89. The molecular formula is C15H9Cl3N2O. The zero-order chi connectivity index (χ0) is 15.0. The Kier molecular flexibility index (Phi) is 3.89. The summed E-state index contributed by atoms with van der Waals surface area (Å²) in [5, 5.41) is 7.53. The SMILES string of the molecule is O=C(Cl)c1n[nH]c2cc(Cl)c(Cl)c(Cc3ccccc3)c12. The summed E-state index contributed by atoms with van der Waals surface area (Å²) < 4.78 is 0. The molecule has 0 aliphatic carbocycles. The Bertz CT molecular complexity index is 828. The molecule has 3 aromatic rings. The van der Waals surface area contributed by atoms with Gasteiger partial charge in [-0.2, -0.15) is 5.10 Å². The topological polar surface area (TPSA) is 45.8 Å². The second kappa shape index (κ2) is 5.68. The van der Waals surface area contributed by atoms with Gasteiger partial charge in [0.05, 0.1) is 15.6 Å². The van der Waals surface area contributed by atoms with Gasteiger partial charge in [-0.1, -0.05) is 53.5 Å². The van der Waals surface area contributed by atoms with Gasteiger partial charge >= 0.3 is 0 Å². The van der Waals surface area contributed by atoms with Crippen molar-refractivity contribution in [1.82, 2.24) is 10.2 Å². The molecule has 3 nitrogen and oxygen atoms in total. The predicted octanol–water partition coefficient (Wildman–Crippen LogP) is 4.84. The molecular weight excluding hydrogens is 331 g/mol. The van der Waals surface area contributed by atoms with Crippen molar-refractivity contribution < 1.29 is 4.79 Å². The van der Waals surface area contributed by atoms with Crippen LogP contribution < -0.4 is 0 Å². The Morgan fingerprint density at radius 2 is 1.90 bits per heavy atom. The van der Waals surface area contributed by atoms with Crippen LogP contribution in [0.15, 0.2) is 36.4 Å². The number of nitrogens with one attached hydrogen (secondary N) is 1. The Morgan fingerprint density at radius 1 is 1.19 bits per heavy atom. The lowest BCUT2D eigenvalue weighted by atomic mass is 10.00. The molecule has 2 aromatic carbocycles. The average molecular weight is 340 g/mol. The molecule has 0 aliphatic rings. The van der Waals surface area contributed by atoms with Crippen LogP contribution in [0, 0.1) is 0 Å². The van der Waals surface area contributed by atoms with Gasteiger partial charge in [0.2, 0.25) is 0 Å². The Hall–Kier alpha value is -1.55. The standard InChI is InChI=1S/C15H9Cl3N2O/c16-10-7-11-12(14(15(18)21)20-19-11)9(13(10)17)6-8-4-2-1-3-5-8/h1-5,7H,6H2,(H,19,20). The zero-order valence-electron chi connectivity index (χ0n) is 10.7. The molecule has 0 atom stereocenters. The van der Waals surface area contributed by atoms with E-state index >= 15 is 0 Å². The second-order valence-corrected chi connectivity index (χ2v) is 5.71. The molecule has 106 valence electrons. The minimum atomic E-state index is -0.631. The van der Waals surface area contributed by atoms with Gasteiger partial charge < -0.3 is 0 Å². The summed E-state index contributed by atoms with van der Waals surface area (Å²) in [6.07, 6.45) is 0.535. The van der Waals surface area contributed by atoms with E-state index in [9.17, 15) is 4.79 Å². The van der Waals surface area contributed by atoms with E-state index in [0.717, 1.165) is 11.1 Å². The Balaban J connectivity index is 2.25. The lowest BCUT2D eigenvalue weighted by molar-refractivity contribution is 0.107. The number of benzene rings is 2. The first-order valence-electron chi connectivity index (χ1n) is 6.16. The van der Waals surface area contributed by atoms with Gasteiger partial charge in [-0.05, 0) is 35.2 Å². The third-order valence-corrected chi connectivity index (χ3v) is 4.26. The molecule has 0 radical (unpaired) electrons. The normalized spacial score (nSPS) is 11.0. The first-order valence-corrected chi connectivity index (χ1v) is 7.30. The van der Waals surface area contributed by atoms with Gasteiger partial charge in [-0.15, -0.1) is 0 Å². The van der Waals surface area contributed by atoms with Crippen LogP contribution in [0.5, 0.6) is 0 Å². The number of hydrogen-bond acceptors (Lipinski definition) is 2. The number of fused-ring (bicyclic) bond motifs is 1. The molecule has 1 aromatic heterocycles. The van der Waals surface area contributed by atoms with E-state index in [-0.39, 0.29) is 5.69 Å². The second-order valence-electron chi connectivity index (χ2n) is 4.58. The maximum atomic E-state index is 11.5. The highest BCUT2D eigenvalue weighted by atomic mass is 35.5. The number of rotatable bonds is 3. The van der Waals surface area contributed by atoms with Crippen LogP contribution in [-0.2, 0) is 6.42 Å². The monoisotopic (exact) mass is 338 g/mol. The highest BCUT2D eigenvalue weighted by Gasteiger charge is 2.20. The minimum absolute atomic E-state index is 0.163. The quantitative estimate of drug-likeness (QED) is 0.694. The van der Waals surface area contributed by atoms with E-state index < -0.39 is 5.24 Å². The van der Waals surface area contributed by atoms with Gasteiger partial charge in [0.1, 0.15) is 0 Å². The Morgan fingerprint density at radius 3 is 2.57 bits per heavy atom. The van der Waals surface area contributed by atoms with E-state index in [0.29, 0.717) is 27.4 Å². The number of halogens is 3. The fraction of sp³-hybridized carbons (Fsp3) is 0.0667. The van der Waals surface area contributed by atoms with Crippen LogP contribution in [0.4, 0.5) is 0 Å². The number of H-pyrrole nitrogens is 1. The number of hydrogen-bond donors (Lipinski definition) is 1. The third-order valence-electron chi connectivity index (χ3n) is 3.25. The van der Waals surface area contributed by atoms with Gasteiger partial charge in [-0.3, -0.25) is 9.89 Å². The smallest absolute Gasteiger partial charge is 0.273 e. The Labute approximate surface area is 135 Å². The lowest BCUT2D eigenvalue weighted by Crippen LogP contribution is -1.96. The van der Waals surface area contributed by atoms with E-state index in [2.05, 4.69) is 10.2 Å². The molecule has 0 bridgehead atoms. The molecule has 0 aliphatic heterocycles. The van der Waals surface area contributed by atoms with E-state index in [4.69, 9.17) is 34.8 Å². The first-order chi connectivity index (χ1) is 10.1. The summed E-state index contributed by atoms with van der Waals surface area (Å²) >= 11 is 18.1. The van der Waals surface area contributed by atoms with Crippen LogP contribution >= 0.6 is 34.8 Å². The molecule has 0 spiro atoms. The zero-order valence-corrected chi connectivity index (χ0v) is 12.9. The summed E-state index contributed by atoms with van der Waals surface area (Å²) in [5.41, 5.74) is 2.59. The van der Waals surface area contributed by atoms with E-state index in [1.165, 1.54) is 0 Å². The van der Waals surface area contributed by atoms with Crippen molar-refractivity contribution in [2.24, 2.45) is 0 Å². The number of carbonyl (C=O) groups excluding carboxylic acids is 1. The molecule has 0 fully saturated rings. The highest BCUT2D eigenvalue weighted by Crippen LogP contribution is 2.35. The molecule has 0 unspecified atom stereocenters. The highest BCUT2D eigenvalue weighted by molar-refractivity contribution is 6.68. The molecule has 0 saturated heterocycles. The van der Waals surface area contributed by atoms with Crippen molar-refractivity contribution in [2.75, 3.05) is 0 Å². The van der Waals surface area contributed by atoms with E-state index in [1.54, 1.807) is 6.07 Å². The van der Waals surface area contributed by atoms with E-state index in [1.807, 2.05) is 30.3 Å². The number of aromatic amines is 1. The molecule has 21 heavy (non-hydrogen) atoms. The average Bonchev–Trinajstić information content (AvgIpc) is 2.88. The number of nitrogens with zero attached hydrogens (tertiary/aromatic N) is 1. The van der Waals surface area contributed by atoms with Crippen LogP contribution in [0.25, 0.3) is 10.9 Å². The summed E-state index contributed by atoms with van der Waals surface area (Å²) in [4.78, 5) is 11.5. The van der Waals surface area contributed by atoms with Crippen molar-refractivity contribution in [3.8, 4) is 0 Å².